The topological polar surface area (TPSA) is 98.4 Å². The van der Waals surface area contributed by atoms with Crippen LogP contribution in [-0.2, 0) is 16.4 Å². The number of nitrogens with two attached hydrogens (primary N) is 1. The van der Waals surface area contributed by atoms with Gasteiger partial charge in [-0.3, -0.25) is 9.20 Å². The van der Waals surface area contributed by atoms with Crippen LogP contribution in [0.1, 0.15) is 11.1 Å². The second-order valence-corrected chi connectivity index (χ2v) is 9.79. The number of benzene rings is 2. The van der Waals surface area contributed by atoms with Crippen LogP contribution in [0.25, 0.3) is 16.7 Å². The van der Waals surface area contributed by atoms with Crippen LogP contribution < -0.4 is 15.9 Å². The van der Waals surface area contributed by atoms with Crippen molar-refractivity contribution in [1.82, 2.24) is 9.38 Å². The molecule has 5 rings (SSSR count). The maximum absolute atomic E-state index is 13.5. The second kappa shape index (κ2) is 7.83. The van der Waals surface area contributed by atoms with Gasteiger partial charge in [0.2, 0.25) is 21.3 Å². The van der Waals surface area contributed by atoms with Gasteiger partial charge in [0.05, 0.1) is 11.4 Å². The zero-order chi connectivity index (χ0) is 23.2. The second-order valence-electron chi connectivity index (χ2n) is 7.87. The van der Waals surface area contributed by atoms with Gasteiger partial charge in [0, 0.05) is 6.20 Å². The minimum atomic E-state index is -3.98. The lowest BCUT2D eigenvalue weighted by atomic mass is 10.2. The lowest BCUT2D eigenvalue weighted by molar-refractivity contribution is -0.651. The summed E-state index contributed by atoms with van der Waals surface area (Å²) in [6.45, 7) is 2.13. The van der Waals surface area contributed by atoms with Crippen molar-refractivity contribution in [3.63, 3.8) is 0 Å². The van der Waals surface area contributed by atoms with Gasteiger partial charge in [-0.2, -0.15) is 0 Å². The van der Waals surface area contributed by atoms with Gasteiger partial charge in [-0.15, -0.1) is 0 Å². The first-order valence-corrected chi connectivity index (χ1v) is 11.8. The number of anilines is 1. The SMILES string of the molecule is Cc1ccc2nc3c(cc(S(=O)(=O)c4ccccc4)c(N)[n+]3Cc3ccccc3)c(=O)n2c1. The Kier molecular flexibility index (Phi) is 4.94. The van der Waals surface area contributed by atoms with Crippen molar-refractivity contribution < 1.29 is 13.0 Å². The fraction of sp³-hybridized carbons (Fsp3) is 0.0800. The fourth-order valence-corrected chi connectivity index (χ4v) is 5.33. The maximum Gasteiger partial charge on any atom is 0.278 e. The van der Waals surface area contributed by atoms with Crippen molar-refractivity contribution in [2.45, 2.75) is 23.3 Å². The average Bonchev–Trinajstić information content (AvgIpc) is 2.82. The molecule has 33 heavy (non-hydrogen) atoms. The summed E-state index contributed by atoms with van der Waals surface area (Å²) < 4.78 is 30.0. The summed E-state index contributed by atoms with van der Waals surface area (Å²) in [5.41, 5.74) is 8.69. The van der Waals surface area contributed by atoms with Crippen LogP contribution in [0.2, 0.25) is 0 Å². The number of pyridine rings is 2. The molecule has 0 aliphatic rings. The van der Waals surface area contributed by atoms with Crippen LogP contribution in [0.15, 0.2) is 99.6 Å². The molecule has 0 bridgehead atoms. The largest absolute Gasteiger partial charge is 0.317 e. The molecule has 3 heterocycles. The van der Waals surface area contributed by atoms with Gasteiger partial charge in [0.1, 0.15) is 10.3 Å². The molecular formula is C25H21N4O3S+. The lowest BCUT2D eigenvalue weighted by Gasteiger charge is -2.13. The van der Waals surface area contributed by atoms with Crippen molar-refractivity contribution in [2.24, 2.45) is 0 Å². The van der Waals surface area contributed by atoms with Gasteiger partial charge < -0.3 is 5.73 Å². The molecule has 164 valence electrons. The molecule has 0 fully saturated rings. The molecule has 2 aromatic carbocycles. The fourth-order valence-electron chi connectivity index (χ4n) is 3.90. The van der Waals surface area contributed by atoms with Gasteiger partial charge in [0.15, 0.2) is 0 Å². The first-order valence-electron chi connectivity index (χ1n) is 10.4. The first kappa shape index (κ1) is 20.8. The minimum Gasteiger partial charge on any atom is -0.317 e. The van der Waals surface area contributed by atoms with E-state index in [1.54, 1.807) is 35.0 Å². The molecule has 0 spiro atoms. The number of aromatic nitrogens is 3. The summed E-state index contributed by atoms with van der Waals surface area (Å²) in [7, 11) is -3.98. The highest BCUT2D eigenvalue weighted by Gasteiger charge is 2.29. The Morgan fingerprint density at radius 1 is 0.970 bits per heavy atom. The van der Waals surface area contributed by atoms with Crippen LogP contribution in [-0.4, -0.2) is 17.8 Å². The van der Waals surface area contributed by atoms with Gasteiger partial charge in [-0.1, -0.05) is 59.6 Å². The third-order valence-electron chi connectivity index (χ3n) is 5.59. The summed E-state index contributed by atoms with van der Waals surface area (Å²) in [5, 5.41) is 0.178. The van der Waals surface area contributed by atoms with E-state index in [1.165, 1.54) is 22.6 Å². The summed E-state index contributed by atoms with van der Waals surface area (Å²) in [4.78, 5) is 18.1. The highest BCUT2D eigenvalue weighted by Crippen LogP contribution is 2.26. The van der Waals surface area contributed by atoms with Gasteiger partial charge in [-0.05, 0) is 42.3 Å². The Labute approximate surface area is 190 Å². The van der Waals surface area contributed by atoms with Crippen molar-refractivity contribution in [2.75, 3.05) is 5.73 Å². The zero-order valence-electron chi connectivity index (χ0n) is 17.8. The molecule has 5 aromatic rings. The van der Waals surface area contributed by atoms with E-state index >= 15 is 0 Å². The van der Waals surface area contributed by atoms with Gasteiger partial charge in [-0.25, -0.2) is 13.0 Å². The van der Waals surface area contributed by atoms with Crippen LogP contribution in [0.3, 0.4) is 0 Å². The van der Waals surface area contributed by atoms with Crippen molar-refractivity contribution in [1.29, 1.82) is 0 Å². The van der Waals surface area contributed by atoms with E-state index in [-0.39, 0.29) is 33.1 Å². The molecule has 0 saturated carbocycles. The molecule has 7 nitrogen and oxygen atoms in total. The number of fused-ring (bicyclic) bond motifs is 2. The van der Waals surface area contributed by atoms with E-state index in [0.717, 1.165) is 11.1 Å². The third-order valence-corrected chi connectivity index (χ3v) is 7.39. The molecule has 2 N–H and O–H groups in total. The Bertz CT molecular complexity index is 1680. The Hall–Kier alpha value is -4.04. The summed E-state index contributed by atoms with van der Waals surface area (Å²) >= 11 is 0. The average molecular weight is 458 g/mol. The molecule has 0 unspecified atom stereocenters. The van der Waals surface area contributed by atoms with E-state index in [0.29, 0.717) is 11.3 Å². The van der Waals surface area contributed by atoms with Crippen molar-refractivity contribution >= 4 is 32.3 Å². The highest BCUT2D eigenvalue weighted by molar-refractivity contribution is 7.91. The Morgan fingerprint density at radius 3 is 2.33 bits per heavy atom. The summed E-state index contributed by atoms with van der Waals surface area (Å²) in [6.07, 6.45) is 1.69. The summed E-state index contributed by atoms with van der Waals surface area (Å²) in [5.74, 6) is 0.0265. The van der Waals surface area contributed by atoms with Gasteiger partial charge >= 0.3 is 0 Å². The number of nitrogen functional groups attached to an aromatic ring is 1. The molecule has 8 heteroatoms. The summed E-state index contributed by atoms with van der Waals surface area (Å²) in [6, 6.07) is 22.5. The van der Waals surface area contributed by atoms with E-state index in [1.807, 2.05) is 43.3 Å². The smallest absolute Gasteiger partial charge is 0.278 e. The number of rotatable bonds is 4. The van der Waals surface area contributed by atoms with Crippen molar-refractivity contribution in [3.05, 3.63) is 107 Å². The number of aryl methyl sites for hydroxylation is 1. The van der Waals surface area contributed by atoms with E-state index < -0.39 is 9.84 Å². The molecule has 0 aliphatic carbocycles. The monoisotopic (exact) mass is 457 g/mol. The van der Waals surface area contributed by atoms with Crippen LogP contribution in [0, 0.1) is 6.92 Å². The van der Waals surface area contributed by atoms with E-state index in [4.69, 9.17) is 5.73 Å². The zero-order valence-corrected chi connectivity index (χ0v) is 18.7. The van der Waals surface area contributed by atoms with Crippen LogP contribution in [0.5, 0.6) is 0 Å². The quantitative estimate of drug-likeness (QED) is 0.331. The number of nitrogens with zero attached hydrogens (tertiary/aromatic N) is 3. The van der Waals surface area contributed by atoms with Gasteiger partial charge in [0.25, 0.3) is 11.2 Å². The molecule has 0 amide bonds. The Morgan fingerprint density at radius 2 is 1.64 bits per heavy atom. The minimum absolute atomic E-state index is 0.0265. The lowest BCUT2D eigenvalue weighted by Crippen LogP contribution is -2.42. The van der Waals surface area contributed by atoms with E-state index in [9.17, 15) is 13.2 Å². The Balaban J connectivity index is 1.89. The normalized spacial score (nSPS) is 11.8. The predicted octanol–water partition coefficient (Wildman–Crippen LogP) is 2.91. The molecule has 3 aromatic heterocycles. The number of hydrogen-bond donors (Lipinski definition) is 1. The predicted molar refractivity (Wildman–Crippen MR) is 126 cm³/mol. The number of sulfone groups is 1. The van der Waals surface area contributed by atoms with Crippen LogP contribution >= 0.6 is 0 Å². The third kappa shape index (κ3) is 3.54. The number of hydrogen-bond acceptors (Lipinski definition) is 5. The maximum atomic E-state index is 13.5. The van der Waals surface area contributed by atoms with Crippen molar-refractivity contribution in [3.8, 4) is 0 Å². The standard InChI is InChI=1S/C25H20N4O3S/c1-17-12-13-22-27-24-20(25(30)28(22)15-17)14-21(33(31,32)19-10-6-3-7-11-19)23(26)29(24)16-18-8-4-2-5-9-18/h2-15,26H,16H2,1H3/p+1. The molecular weight excluding hydrogens is 436 g/mol. The van der Waals surface area contributed by atoms with E-state index in [2.05, 4.69) is 4.98 Å². The van der Waals surface area contributed by atoms with Crippen LogP contribution in [0.4, 0.5) is 5.82 Å². The molecule has 0 aliphatic heterocycles. The molecule has 0 radical (unpaired) electrons. The molecule has 0 saturated heterocycles. The molecule has 0 atom stereocenters. The first-order chi connectivity index (χ1) is 15.9. The highest BCUT2D eigenvalue weighted by atomic mass is 32.2.